The van der Waals surface area contributed by atoms with E-state index in [9.17, 15) is 4.79 Å². The van der Waals surface area contributed by atoms with E-state index < -0.39 is 0 Å². The molecule has 8 heteroatoms. The lowest BCUT2D eigenvalue weighted by Crippen LogP contribution is -2.44. The number of halogens is 4. The molecule has 0 atom stereocenters. The number of hydrogen-bond donors (Lipinski definition) is 2. The molecule has 2 fully saturated rings. The molecule has 2 heterocycles. The first-order valence-corrected chi connectivity index (χ1v) is 10.5. The molecule has 0 radical (unpaired) electrons. The Morgan fingerprint density at radius 2 is 1.75 bits per heavy atom. The summed E-state index contributed by atoms with van der Waals surface area (Å²) in [7, 11) is 0. The number of hydrogen-bond acceptors (Lipinski definition) is 3. The number of amides is 1. The van der Waals surface area contributed by atoms with Crippen LogP contribution in [0.2, 0.25) is 10.0 Å². The Bertz CT molecular complexity index is 603. The van der Waals surface area contributed by atoms with Gasteiger partial charge in [-0.25, -0.2) is 0 Å². The van der Waals surface area contributed by atoms with Gasteiger partial charge in [-0.15, -0.1) is 24.8 Å². The topological polar surface area (TPSA) is 44.4 Å². The lowest BCUT2D eigenvalue weighted by Gasteiger charge is -2.32. The minimum absolute atomic E-state index is 0. The third kappa shape index (κ3) is 8.25. The van der Waals surface area contributed by atoms with E-state index in [1.807, 2.05) is 18.2 Å². The second kappa shape index (κ2) is 13.1. The first-order chi connectivity index (χ1) is 12.6. The number of nitrogens with one attached hydrogen (secondary N) is 2. The molecule has 28 heavy (non-hydrogen) atoms. The van der Waals surface area contributed by atoms with Gasteiger partial charge in [0.2, 0.25) is 5.91 Å². The average Bonchev–Trinajstić information content (AvgIpc) is 2.65. The summed E-state index contributed by atoms with van der Waals surface area (Å²) in [5.74, 6) is 0.946. The molecule has 2 aliphatic rings. The highest BCUT2D eigenvalue weighted by molar-refractivity contribution is 6.42. The molecule has 1 amide bonds. The van der Waals surface area contributed by atoms with Gasteiger partial charge >= 0.3 is 0 Å². The van der Waals surface area contributed by atoms with E-state index in [2.05, 4.69) is 15.5 Å². The molecule has 2 saturated heterocycles. The number of carbonyl (C=O) groups excluding carboxylic acids is 1. The summed E-state index contributed by atoms with van der Waals surface area (Å²) >= 11 is 12.1. The molecule has 0 saturated carbocycles. The van der Waals surface area contributed by atoms with Crippen LogP contribution in [0.15, 0.2) is 18.2 Å². The second-order valence-corrected chi connectivity index (χ2v) is 8.41. The van der Waals surface area contributed by atoms with E-state index in [0.717, 1.165) is 57.9 Å². The average molecular weight is 471 g/mol. The molecular weight excluding hydrogens is 440 g/mol. The predicted octanol–water partition coefficient (Wildman–Crippen LogP) is 4.70. The Morgan fingerprint density at radius 3 is 2.39 bits per heavy atom. The van der Waals surface area contributed by atoms with Crippen LogP contribution < -0.4 is 10.6 Å². The van der Waals surface area contributed by atoms with Crippen molar-refractivity contribution < 1.29 is 4.79 Å². The summed E-state index contributed by atoms with van der Waals surface area (Å²) in [5.41, 5.74) is 1.18. The van der Waals surface area contributed by atoms with Gasteiger partial charge in [0.25, 0.3) is 0 Å². The zero-order valence-corrected chi connectivity index (χ0v) is 19.2. The zero-order valence-electron chi connectivity index (χ0n) is 16.1. The van der Waals surface area contributed by atoms with E-state index in [-0.39, 0.29) is 30.7 Å². The molecule has 0 aromatic heterocycles. The van der Waals surface area contributed by atoms with Crippen LogP contribution >= 0.6 is 48.0 Å². The fraction of sp³-hybridized carbons (Fsp3) is 0.650. The van der Waals surface area contributed by atoms with Gasteiger partial charge in [-0.3, -0.25) is 9.69 Å². The summed E-state index contributed by atoms with van der Waals surface area (Å²) in [6.07, 6.45) is 6.15. The first kappa shape index (κ1) is 25.8. The SMILES string of the molecule is Cl.Cl.O=C(CCC1CCNCC1)NC1CCN(Cc2ccc(Cl)c(Cl)c2)CC1. The maximum atomic E-state index is 12.2. The Morgan fingerprint density at radius 1 is 1.07 bits per heavy atom. The van der Waals surface area contributed by atoms with Crippen molar-refractivity contribution in [2.24, 2.45) is 5.92 Å². The standard InChI is InChI=1S/C20H29Cl2N3O.2ClH/c21-18-3-1-16(13-19(18)22)14-25-11-7-17(8-12-25)24-20(26)4-2-15-5-9-23-10-6-15;;/h1,3,13,15,17,23H,2,4-12,14H2,(H,24,26);2*1H. The minimum atomic E-state index is 0. The summed E-state index contributed by atoms with van der Waals surface area (Å²) in [6.45, 7) is 5.08. The van der Waals surface area contributed by atoms with E-state index in [4.69, 9.17) is 23.2 Å². The van der Waals surface area contributed by atoms with Crippen LogP contribution in [0.3, 0.4) is 0 Å². The van der Waals surface area contributed by atoms with E-state index in [0.29, 0.717) is 22.5 Å². The molecule has 0 unspecified atom stereocenters. The smallest absolute Gasteiger partial charge is 0.220 e. The zero-order chi connectivity index (χ0) is 18.4. The Labute approximate surface area is 190 Å². The van der Waals surface area contributed by atoms with Crippen LogP contribution in [0.1, 0.15) is 44.1 Å². The minimum Gasteiger partial charge on any atom is -0.353 e. The van der Waals surface area contributed by atoms with Gasteiger partial charge in [0.15, 0.2) is 0 Å². The van der Waals surface area contributed by atoms with Crippen molar-refractivity contribution in [3.8, 4) is 0 Å². The molecule has 3 rings (SSSR count). The summed E-state index contributed by atoms with van der Waals surface area (Å²) in [6, 6.07) is 6.15. The Balaban J connectivity index is 0.00000196. The van der Waals surface area contributed by atoms with Crippen LogP contribution in [0, 0.1) is 5.92 Å². The highest BCUT2D eigenvalue weighted by Crippen LogP contribution is 2.24. The van der Waals surface area contributed by atoms with E-state index in [1.54, 1.807) is 0 Å². The largest absolute Gasteiger partial charge is 0.353 e. The quantitative estimate of drug-likeness (QED) is 0.633. The number of benzene rings is 1. The molecule has 4 nitrogen and oxygen atoms in total. The number of rotatable bonds is 6. The number of likely N-dealkylation sites (tertiary alicyclic amines) is 1. The first-order valence-electron chi connectivity index (χ1n) is 9.76. The number of carbonyl (C=O) groups is 1. The summed E-state index contributed by atoms with van der Waals surface area (Å²) < 4.78 is 0. The summed E-state index contributed by atoms with van der Waals surface area (Å²) in [4.78, 5) is 14.6. The van der Waals surface area contributed by atoms with Crippen molar-refractivity contribution in [2.45, 2.75) is 51.1 Å². The van der Waals surface area contributed by atoms with Crippen molar-refractivity contribution in [3.05, 3.63) is 33.8 Å². The third-order valence-corrected chi connectivity index (χ3v) is 6.32. The van der Waals surface area contributed by atoms with Crippen molar-refractivity contribution in [3.63, 3.8) is 0 Å². The second-order valence-electron chi connectivity index (χ2n) is 7.60. The predicted molar refractivity (Wildman–Crippen MR) is 122 cm³/mol. The highest BCUT2D eigenvalue weighted by atomic mass is 35.5. The van der Waals surface area contributed by atoms with Crippen LogP contribution in [-0.2, 0) is 11.3 Å². The maximum absolute atomic E-state index is 12.2. The molecule has 1 aromatic rings. The lowest BCUT2D eigenvalue weighted by atomic mass is 9.93. The Kier molecular flexibility index (Phi) is 12.1. The van der Waals surface area contributed by atoms with Crippen molar-refractivity contribution in [1.29, 1.82) is 0 Å². The maximum Gasteiger partial charge on any atom is 0.220 e. The van der Waals surface area contributed by atoms with Crippen molar-refractivity contribution in [2.75, 3.05) is 26.2 Å². The molecule has 0 aliphatic carbocycles. The van der Waals surface area contributed by atoms with Gasteiger partial charge < -0.3 is 10.6 Å². The van der Waals surface area contributed by atoms with Gasteiger partial charge in [0, 0.05) is 32.1 Å². The van der Waals surface area contributed by atoms with Gasteiger partial charge in [-0.2, -0.15) is 0 Å². The summed E-state index contributed by atoms with van der Waals surface area (Å²) in [5, 5.41) is 7.83. The molecule has 1 aromatic carbocycles. The third-order valence-electron chi connectivity index (χ3n) is 5.58. The van der Waals surface area contributed by atoms with Crippen LogP contribution in [0.25, 0.3) is 0 Å². The molecular formula is C20H31Cl4N3O. The molecule has 160 valence electrons. The van der Waals surface area contributed by atoms with Crippen molar-refractivity contribution in [1.82, 2.24) is 15.5 Å². The highest BCUT2D eigenvalue weighted by Gasteiger charge is 2.21. The molecule has 0 bridgehead atoms. The fourth-order valence-electron chi connectivity index (χ4n) is 3.94. The van der Waals surface area contributed by atoms with Gasteiger partial charge in [0.05, 0.1) is 10.0 Å². The van der Waals surface area contributed by atoms with Crippen molar-refractivity contribution >= 4 is 53.9 Å². The van der Waals surface area contributed by atoms with Gasteiger partial charge in [-0.05, 0) is 68.8 Å². The van der Waals surface area contributed by atoms with Crippen LogP contribution in [0.5, 0.6) is 0 Å². The van der Waals surface area contributed by atoms with Crippen LogP contribution in [-0.4, -0.2) is 43.0 Å². The normalized spacial score (nSPS) is 18.8. The molecule has 0 spiro atoms. The Hall–Kier alpha value is -0.230. The molecule has 2 aliphatic heterocycles. The van der Waals surface area contributed by atoms with Gasteiger partial charge in [0.1, 0.15) is 0 Å². The number of piperidine rings is 2. The van der Waals surface area contributed by atoms with E-state index >= 15 is 0 Å². The van der Waals surface area contributed by atoms with Crippen LogP contribution in [0.4, 0.5) is 0 Å². The lowest BCUT2D eigenvalue weighted by molar-refractivity contribution is -0.122. The number of nitrogens with zero attached hydrogens (tertiary/aromatic N) is 1. The monoisotopic (exact) mass is 469 g/mol. The van der Waals surface area contributed by atoms with E-state index in [1.165, 1.54) is 18.4 Å². The van der Waals surface area contributed by atoms with Gasteiger partial charge in [-0.1, -0.05) is 29.3 Å². The molecule has 2 N–H and O–H groups in total. The fourth-order valence-corrected chi connectivity index (χ4v) is 4.26.